The Morgan fingerprint density at radius 2 is 2.12 bits per heavy atom. The number of carboxylic acid groups (broad SMARTS) is 1. The first kappa shape index (κ1) is 13.7. The molecule has 4 nitrogen and oxygen atoms in total. The van der Waals surface area contributed by atoms with Gasteiger partial charge in [0, 0.05) is 10.0 Å². The van der Waals surface area contributed by atoms with E-state index in [1.165, 1.54) is 6.92 Å². The molecule has 5 heteroatoms. The minimum Gasteiger partial charge on any atom is -0.480 e. The molecule has 92 valence electrons. The average Bonchev–Trinajstić information content (AvgIpc) is 2.28. The minimum absolute atomic E-state index is 0.322. The van der Waals surface area contributed by atoms with Crippen molar-refractivity contribution in [1.82, 2.24) is 5.32 Å². The monoisotopic (exact) mass is 299 g/mol. The van der Waals surface area contributed by atoms with Gasteiger partial charge in [-0.3, -0.25) is 4.79 Å². The Hall–Kier alpha value is -1.36. The summed E-state index contributed by atoms with van der Waals surface area (Å²) in [5.41, 5.74) is -0.806. The van der Waals surface area contributed by atoms with E-state index >= 15 is 0 Å². The molecule has 0 saturated carbocycles. The zero-order valence-electron chi connectivity index (χ0n) is 9.66. The number of amides is 1. The number of nitrogens with one attached hydrogen (secondary N) is 1. The first-order valence-electron chi connectivity index (χ1n) is 5.20. The average molecular weight is 300 g/mol. The first-order chi connectivity index (χ1) is 7.89. The second-order valence-corrected chi connectivity index (χ2v) is 4.87. The highest BCUT2D eigenvalue weighted by Crippen LogP contribution is 2.14. The number of benzene rings is 1. The van der Waals surface area contributed by atoms with Crippen LogP contribution in [0.1, 0.15) is 30.6 Å². The fourth-order valence-electron chi connectivity index (χ4n) is 1.25. The van der Waals surface area contributed by atoms with E-state index in [9.17, 15) is 9.59 Å². The van der Waals surface area contributed by atoms with Gasteiger partial charge in [-0.05, 0) is 31.5 Å². The van der Waals surface area contributed by atoms with E-state index in [0.29, 0.717) is 12.0 Å². The van der Waals surface area contributed by atoms with Crippen LogP contribution in [0.4, 0.5) is 0 Å². The first-order valence-corrected chi connectivity index (χ1v) is 6.00. The molecule has 0 aliphatic carbocycles. The van der Waals surface area contributed by atoms with Gasteiger partial charge >= 0.3 is 5.97 Å². The van der Waals surface area contributed by atoms with E-state index in [-0.39, 0.29) is 0 Å². The van der Waals surface area contributed by atoms with Crippen molar-refractivity contribution < 1.29 is 14.7 Å². The number of hydrogen-bond donors (Lipinski definition) is 2. The minimum atomic E-state index is -1.24. The number of halogens is 1. The number of carboxylic acids is 1. The number of carbonyl (C=O) groups excluding carboxylic acids is 1. The van der Waals surface area contributed by atoms with Crippen molar-refractivity contribution >= 4 is 27.8 Å². The molecule has 0 bridgehead atoms. The quantitative estimate of drug-likeness (QED) is 0.897. The van der Waals surface area contributed by atoms with Gasteiger partial charge in [0.25, 0.3) is 5.91 Å². The predicted molar refractivity (Wildman–Crippen MR) is 67.9 cm³/mol. The molecule has 0 radical (unpaired) electrons. The summed E-state index contributed by atoms with van der Waals surface area (Å²) in [5, 5.41) is 11.6. The van der Waals surface area contributed by atoms with Gasteiger partial charge in [0.05, 0.1) is 0 Å². The second-order valence-electron chi connectivity index (χ2n) is 3.96. The van der Waals surface area contributed by atoms with Crippen LogP contribution in [0.5, 0.6) is 0 Å². The van der Waals surface area contributed by atoms with E-state index < -0.39 is 17.4 Å². The summed E-state index contributed by atoms with van der Waals surface area (Å²) in [5.74, 6) is -1.43. The van der Waals surface area contributed by atoms with Crippen molar-refractivity contribution in [2.24, 2.45) is 0 Å². The van der Waals surface area contributed by atoms with E-state index in [2.05, 4.69) is 21.2 Å². The molecule has 1 atom stereocenters. The van der Waals surface area contributed by atoms with Crippen molar-refractivity contribution in [3.8, 4) is 0 Å². The molecule has 1 rings (SSSR count). The van der Waals surface area contributed by atoms with Crippen molar-refractivity contribution in [3.63, 3.8) is 0 Å². The van der Waals surface area contributed by atoms with Gasteiger partial charge in [-0.15, -0.1) is 0 Å². The van der Waals surface area contributed by atoms with Gasteiger partial charge in [-0.1, -0.05) is 28.9 Å². The summed E-state index contributed by atoms with van der Waals surface area (Å²) in [6, 6.07) is 6.81. The lowest BCUT2D eigenvalue weighted by atomic mass is 9.98. The van der Waals surface area contributed by atoms with Crippen LogP contribution in [0, 0.1) is 0 Å². The Kier molecular flexibility index (Phi) is 4.28. The van der Waals surface area contributed by atoms with Crippen molar-refractivity contribution in [3.05, 3.63) is 34.3 Å². The fourth-order valence-corrected chi connectivity index (χ4v) is 1.64. The van der Waals surface area contributed by atoms with Crippen LogP contribution in [-0.4, -0.2) is 22.5 Å². The zero-order valence-corrected chi connectivity index (χ0v) is 11.2. The Balaban J connectivity index is 2.89. The summed E-state index contributed by atoms with van der Waals surface area (Å²) in [7, 11) is 0. The maximum absolute atomic E-state index is 11.9. The molecular formula is C12H14BrNO3. The number of hydrogen-bond acceptors (Lipinski definition) is 2. The summed E-state index contributed by atoms with van der Waals surface area (Å²) in [6.07, 6.45) is 0.322. The van der Waals surface area contributed by atoms with Gasteiger partial charge in [-0.25, -0.2) is 4.79 Å². The highest BCUT2D eigenvalue weighted by Gasteiger charge is 2.32. The molecule has 1 aromatic carbocycles. The van der Waals surface area contributed by atoms with Crippen LogP contribution in [0.25, 0.3) is 0 Å². The van der Waals surface area contributed by atoms with Crippen LogP contribution in [0.2, 0.25) is 0 Å². The molecule has 1 unspecified atom stereocenters. The second kappa shape index (κ2) is 5.31. The van der Waals surface area contributed by atoms with Crippen molar-refractivity contribution in [2.45, 2.75) is 25.8 Å². The van der Waals surface area contributed by atoms with Crippen LogP contribution in [0.15, 0.2) is 28.7 Å². The third-order valence-corrected chi connectivity index (χ3v) is 3.15. The van der Waals surface area contributed by atoms with Gasteiger partial charge in [-0.2, -0.15) is 0 Å². The standard InChI is InChI=1S/C12H14BrNO3/c1-3-12(2,11(16)17)14-10(15)8-5-4-6-9(13)7-8/h4-7H,3H2,1-2H3,(H,14,15)(H,16,17). The van der Waals surface area contributed by atoms with Crippen molar-refractivity contribution in [1.29, 1.82) is 0 Å². The van der Waals surface area contributed by atoms with E-state index in [0.717, 1.165) is 4.47 Å². The third-order valence-electron chi connectivity index (χ3n) is 2.66. The molecule has 1 aromatic rings. The SMILES string of the molecule is CCC(C)(NC(=O)c1cccc(Br)c1)C(=O)O. The molecule has 0 saturated heterocycles. The van der Waals surface area contributed by atoms with Gasteiger partial charge in [0.1, 0.15) is 5.54 Å². The topological polar surface area (TPSA) is 66.4 Å². The Morgan fingerprint density at radius 1 is 1.47 bits per heavy atom. The molecule has 0 fully saturated rings. The lowest BCUT2D eigenvalue weighted by molar-refractivity contribution is -0.143. The predicted octanol–water partition coefficient (Wildman–Crippen LogP) is 2.43. The summed E-state index contributed by atoms with van der Waals surface area (Å²) in [6.45, 7) is 3.21. The number of aliphatic carboxylic acids is 1. The van der Waals surface area contributed by atoms with E-state index in [4.69, 9.17) is 5.11 Å². The molecule has 0 aliphatic rings. The Labute approximate surface area is 108 Å². The van der Waals surface area contributed by atoms with Crippen LogP contribution >= 0.6 is 15.9 Å². The van der Waals surface area contributed by atoms with Gasteiger partial charge in [0.2, 0.25) is 0 Å². The van der Waals surface area contributed by atoms with E-state index in [1.807, 2.05) is 0 Å². The largest absolute Gasteiger partial charge is 0.480 e. The summed E-state index contributed by atoms with van der Waals surface area (Å²) in [4.78, 5) is 22.9. The molecular weight excluding hydrogens is 286 g/mol. The molecule has 0 aliphatic heterocycles. The third kappa shape index (κ3) is 3.30. The van der Waals surface area contributed by atoms with Gasteiger partial charge in [0.15, 0.2) is 0 Å². The molecule has 0 aromatic heterocycles. The number of carbonyl (C=O) groups is 2. The lowest BCUT2D eigenvalue weighted by Crippen LogP contribution is -2.51. The molecule has 0 heterocycles. The highest BCUT2D eigenvalue weighted by atomic mass is 79.9. The van der Waals surface area contributed by atoms with Crippen LogP contribution in [-0.2, 0) is 4.79 Å². The summed E-state index contributed by atoms with van der Waals surface area (Å²) < 4.78 is 0.777. The normalized spacial score (nSPS) is 13.8. The lowest BCUT2D eigenvalue weighted by Gasteiger charge is -2.24. The molecule has 0 spiro atoms. The zero-order chi connectivity index (χ0) is 13.1. The maximum atomic E-state index is 11.9. The van der Waals surface area contributed by atoms with Gasteiger partial charge < -0.3 is 10.4 Å². The molecule has 17 heavy (non-hydrogen) atoms. The maximum Gasteiger partial charge on any atom is 0.329 e. The van der Waals surface area contributed by atoms with E-state index in [1.54, 1.807) is 31.2 Å². The highest BCUT2D eigenvalue weighted by molar-refractivity contribution is 9.10. The van der Waals surface area contributed by atoms with Crippen LogP contribution in [0.3, 0.4) is 0 Å². The van der Waals surface area contributed by atoms with Crippen molar-refractivity contribution in [2.75, 3.05) is 0 Å². The smallest absolute Gasteiger partial charge is 0.329 e. The summed E-state index contributed by atoms with van der Waals surface area (Å²) >= 11 is 3.26. The fraction of sp³-hybridized carbons (Fsp3) is 0.333. The molecule has 1 amide bonds. The number of rotatable bonds is 4. The Bertz CT molecular complexity index is 447. The Morgan fingerprint density at radius 3 is 2.59 bits per heavy atom. The van der Waals surface area contributed by atoms with Crippen LogP contribution < -0.4 is 5.32 Å². The molecule has 2 N–H and O–H groups in total.